The molecular formula is C21H31N5O3. The molecule has 1 aliphatic heterocycles. The summed E-state index contributed by atoms with van der Waals surface area (Å²) < 4.78 is 16.7. The number of benzene rings is 1. The van der Waals surface area contributed by atoms with Crippen LogP contribution in [-0.4, -0.2) is 49.0 Å². The van der Waals surface area contributed by atoms with Crippen LogP contribution in [0.2, 0.25) is 0 Å². The van der Waals surface area contributed by atoms with E-state index in [9.17, 15) is 0 Å². The fraction of sp³-hybridized carbons (Fsp3) is 0.571. The Kier molecular flexibility index (Phi) is 7.86. The van der Waals surface area contributed by atoms with E-state index in [1.54, 1.807) is 0 Å². The molecule has 2 aromatic rings. The van der Waals surface area contributed by atoms with Gasteiger partial charge < -0.3 is 24.6 Å². The molecule has 0 amide bonds. The van der Waals surface area contributed by atoms with Crippen molar-refractivity contribution in [1.82, 2.24) is 20.8 Å². The number of aromatic nitrogens is 2. The Morgan fingerprint density at radius 3 is 2.93 bits per heavy atom. The maximum absolute atomic E-state index is 6.12. The van der Waals surface area contributed by atoms with Crippen molar-refractivity contribution < 1.29 is 14.0 Å². The highest BCUT2D eigenvalue weighted by Gasteiger charge is 2.17. The zero-order valence-corrected chi connectivity index (χ0v) is 17.5. The molecule has 158 valence electrons. The molecule has 1 saturated heterocycles. The molecule has 0 spiro atoms. The molecule has 0 bridgehead atoms. The van der Waals surface area contributed by atoms with Gasteiger partial charge in [0.05, 0.1) is 19.8 Å². The van der Waals surface area contributed by atoms with Gasteiger partial charge in [-0.25, -0.2) is 4.99 Å². The first kappa shape index (κ1) is 21.1. The summed E-state index contributed by atoms with van der Waals surface area (Å²) >= 11 is 0. The quantitative estimate of drug-likeness (QED) is 0.492. The molecule has 8 heteroatoms. The molecule has 3 rings (SSSR count). The maximum Gasteiger partial charge on any atom is 0.228 e. The minimum absolute atomic E-state index is 0.471. The van der Waals surface area contributed by atoms with Gasteiger partial charge >= 0.3 is 0 Å². The van der Waals surface area contributed by atoms with Crippen molar-refractivity contribution in [2.75, 3.05) is 32.9 Å². The molecule has 2 heterocycles. The van der Waals surface area contributed by atoms with Crippen molar-refractivity contribution in [2.24, 2.45) is 10.9 Å². The van der Waals surface area contributed by atoms with Gasteiger partial charge in [-0.2, -0.15) is 4.98 Å². The fourth-order valence-corrected chi connectivity index (χ4v) is 3.08. The number of nitrogens with zero attached hydrogens (tertiary/aromatic N) is 3. The highest BCUT2D eigenvalue weighted by atomic mass is 16.5. The van der Waals surface area contributed by atoms with Crippen molar-refractivity contribution >= 4 is 5.96 Å². The lowest BCUT2D eigenvalue weighted by atomic mass is 10.1. The van der Waals surface area contributed by atoms with Gasteiger partial charge in [0.1, 0.15) is 5.75 Å². The summed E-state index contributed by atoms with van der Waals surface area (Å²) in [4.78, 5) is 8.93. The second-order valence-electron chi connectivity index (χ2n) is 7.26. The molecule has 1 unspecified atom stereocenters. The smallest absolute Gasteiger partial charge is 0.228 e. The van der Waals surface area contributed by atoms with Gasteiger partial charge in [-0.1, -0.05) is 17.3 Å². The molecule has 1 fully saturated rings. The highest BCUT2D eigenvalue weighted by molar-refractivity contribution is 5.79. The van der Waals surface area contributed by atoms with Gasteiger partial charge in [-0.3, -0.25) is 0 Å². The molecule has 2 N–H and O–H groups in total. The Hall–Kier alpha value is -2.61. The van der Waals surface area contributed by atoms with Crippen molar-refractivity contribution in [3.05, 3.63) is 41.0 Å². The summed E-state index contributed by atoms with van der Waals surface area (Å²) in [5, 5.41) is 10.4. The minimum atomic E-state index is 0.471. The molecule has 1 aliphatic rings. The van der Waals surface area contributed by atoms with E-state index >= 15 is 0 Å². The third-order valence-electron chi connectivity index (χ3n) is 4.67. The van der Waals surface area contributed by atoms with Crippen molar-refractivity contribution in [1.29, 1.82) is 0 Å². The van der Waals surface area contributed by atoms with Crippen LogP contribution in [0.15, 0.2) is 27.7 Å². The lowest BCUT2D eigenvalue weighted by Crippen LogP contribution is -2.38. The second kappa shape index (κ2) is 10.8. The normalized spacial score (nSPS) is 16.8. The van der Waals surface area contributed by atoms with Crippen LogP contribution in [0.1, 0.15) is 36.2 Å². The van der Waals surface area contributed by atoms with Crippen molar-refractivity contribution in [3.8, 4) is 5.75 Å². The number of ether oxygens (including phenoxy) is 2. The number of hydrogen-bond acceptors (Lipinski definition) is 6. The van der Waals surface area contributed by atoms with Crippen LogP contribution in [0.3, 0.4) is 0 Å². The van der Waals surface area contributed by atoms with E-state index in [4.69, 9.17) is 19.0 Å². The lowest BCUT2D eigenvalue weighted by Gasteiger charge is -2.15. The average Bonchev–Trinajstić information content (AvgIpc) is 3.37. The minimum Gasteiger partial charge on any atom is -0.493 e. The number of rotatable bonds is 9. The van der Waals surface area contributed by atoms with E-state index < -0.39 is 0 Å². The molecule has 29 heavy (non-hydrogen) atoms. The number of aliphatic imine (C=N–C) groups is 1. The first-order valence-corrected chi connectivity index (χ1v) is 10.3. The van der Waals surface area contributed by atoms with E-state index in [0.717, 1.165) is 43.5 Å². The van der Waals surface area contributed by atoms with E-state index in [1.807, 2.05) is 13.8 Å². The van der Waals surface area contributed by atoms with Gasteiger partial charge in [0.2, 0.25) is 5.89 Å². The first-order chi connectivity index (χ1) is 14.1. The molecule has 0 saturated carbocycles. The van der Waals surface area contributed by atoms with Crippen LogP contribution in [0.25, 0.3) is 0 Å². The van der Waals surface area contributed by atoms with Crippen molar-refractivity contribution in [3.63, 3.8) is 0 Å². The largest absolute Gasteiger partial charge is 0.493 e. The zero-order valence-electron chi connectivity index (χ0n) is 17.5. The molecule has 0 radical (unpaired) electrons. The van der Waals surface area contributed by atoms with Crippen molar-refractivity contribution in [2.45, 2.75) is 40.2 Å². The number of hydrogen-bond donors (Lipinski definition) is 2. The molecule has 1 aromatic carbocycles. The van der Waals surface area contributed by atoms with E-state index in [0.29, 0.717) is 43.8 Å². The number of aryl methyl sites for hydroxylation is 2. The van der Waals surface area contributed by atoms with Gasteiger partial charge in [0.25, 0.3) is 0 Å². The highest BCUT2D eigenvalue weighted by Crippen LogP contribution is 2.23. The Morgan fingerprint density at radius 2 is 2.21 bits per heavy atom. The first-order valence-electron chi connectivity index (χ1n) is 10.3. The van der Waals surface area contributed by atoms with Crippen LogP contribution in [0.5, 0.6) is 5.75 Å². The fourth-order valence-electron chi connectivity index (χ4n) is 3.08. The van der Waals surface area contributed by atoms with E-state index in [-0.39, 0.29) is 0 Å². The van der Waals surface area contributed by atoms with E-state index in [2.05, 4.69) is 45.9 Å². The molecule has 0 aliphatic carbocycles. The van der Waals surface area contributed by atoms with Gasteiger partial charge in [0.15, 0.2) is 11.8 Å². The number of nitrogens with one attached hydrogen (secondary N) is 2. The van der Waals surface area contributed by atoms with E-state index in [1.165, 1.54) is 5.56 Å². The summed E-state index contributed by atoms with van der Waals surface area (Å²) in [6, 6.07) is 6.26. The van der Waals surface area contributed by atoms with Crippen LogP contribution < -0.4 is 15.4 Å². The maximum atomic E-state index is 6.12. The van der Waals surface area contributed by atoms with Crippen LogP contribution in [0.4, 0.5) is 0 Å². The second-order valence-corrected chi connectivity index (χ2v) is 7.26. The topological polar surface area (TPSA) is 93.8 Å². The predicted octanol–water partition coefficient (Wildman–Crippen LogP) is 2.40. The SMILES string of the molecule is CCNC(=NCc1ccc(C)cc1OCC1CCOC1)NCCc1nc(C)no1. The zero-order chi connectivity index (χ0) is 20.5. The summed E-state index contributed by atoms with van der Waals surface area (Å²) in [5.41, 5.74) is 2.24. The molecule has 8 nitrogen and oxygen atoms in total. The summed E-state index contributed by atoms with van der Waals surface area (Å²) in [6.07, 6.45) is 1.71. The standard InChI is InChI=1S/C21H31N5O3/c1-4-22-21(23-9-7-20-25-16(3)26-29-20)24-12-18-6-5-15(2)11-19(18)28-14-17-8-10-27-13-17/h5-6,11,17H,4,7-10,12-14H2,1-3H3,(H2,22,23,24). The Bertz CT molecular complexity index is 799. The third kappa shape index (κ3) is 6.74. The number of guanidine groups is 1. The predicted molar refractivity (Wildman–Crippen MR) is 111 cm³/mol. The molecule has 1 atom stereocenters. The molecular weight excluding hydrogens is 370 g/mol. The third-order valence-corrected chi connectivity index (χ3v) is 4.67. The summed E-state index contributed by atoms with van der Waals surface area (Å²) in [5.74, 6) is 3.39. The average molecular weight is 402 g/mol. The van der Waals surface area contributed by atoms with Crippen LogP contribution >= 0.6 is 0 Å². The Morgan fingerprint density at radius 1 is 1.31 bits per heavy atom. The lowest BCUT2D eigenvalue weighted by molar-refractivity contribution is 0.166. The van der Waals surface area contributed by atoms with Gasteiger partial charge in [0, 0.05) is 37.6 Å². The Labute approximate surface area is 172 Å². The Balaban J connectivity index is 1.58. The van der Waals surface area contributed by atoms with Crippen LogP contribution in [-0.2, 0) is 17.7 Å². The van der Waals surface area contributed by atoms with Crippen LogP contribution in [0, 0.1) is 19.8 Å². The van der Waals surface area contributed by atoms with Gasteiger partial charge in [-0.05, 0) is 38.8 Å². The summed E-state index contributed by atoms with van der Waals surface area (Å²) in [7, 11) is 0. The van der Waals surface area contributed by atoms with Gasteiger partial charge in [-0.15, -0.1) is 0 Å². The summed E-state index contributed by atoms with van der Waals surface area (Å²) in [6.45, 7) is 10.2. The monoisotopic (exact) mass is 401 g/mol. The molecule has 1 aromatic heterocycles.